The maximum Gasteiger partial charge on any atom is 0.288 e. The first-order valence-corrected chi connectivity index (χ1v) is 9.49. The monoisotopic (exact) mass is 382 g/mol. The van der Waals surface area contributed by atoms with Gasteiger partial charge in [-0.3, -0.25) is 19.3 Å². The van der Waals surface area contributed by atoms with Gasteiger partial charge in [0.1, 0.15) is 6.04 Å². The standard InChI is InChI=1S/C18H20F2N2O3S/c1-10(22-16(24)13-4-2-3-5-14(13)17(22)25)15(23)21-11-6-8-12(9-7-11)26-18(19)20/h6-10,13-14,18H,2-5H2,1H3,(H,21,23)/t10-,13-,14-/m0/s1. The Labute approximate surface area is 154 Å². The maximum absolute atomic E-state index is 12.5. The van der Waals surface area contributed by atoms with Crippen molar-refractivity contribution < 1.29 is 23.2 Å². The van der Waals surface area contributed by atoms with Crippen molar-refractivity contribution >= 4 is 35.2 Å². The lowest BCUT2D eigenvalue weighted by Crippen LogP contribution is -2.46. The minimum absolute atomic E-state index is 0.258. The Bertz CT molecular complexity index is 687. The third kappa shape index (κ3) is 3.75. The number of nitrogens with one attached hydrogen (secondary N) is 1. The molecule has 3 rings (SSSR count). The molecule has 0 aromatic heterocycles. The summed E-state index contributed by atoms with van der Waals surface area (Å²) in [6, 6.07) is 5.09. The van der Waals surface area contributed by atoms with Crippen LogP contribution in [0.3, 0.4) is 0 Å². The first kappa shape index (κ1) is 18.8. The Kier molecular flexibility index (Phi) is 5.60. The van der Waals surface area contributed by atoms with Gasteiger partial charge in [-0.2, -0.15) is 8.78 Å². The highest BCUT2D eigenvalue weighted by atomic mass is 32.2. The van der Waals surface area contributed by atoms with E-state index in [1.807, 2.05) is 0 Å². The first-order valence-electron chi connectivity index (χ1n) is 8.61. The van der Waals surface area contributed by atoms with Crippen LogP contribution in [0.25, 0.3) is 0 Å². The number of anilines is 1. The van der Waals surface area contributed by atoms with Crippen LogP contribution in [-0.4, -0.2) is 34.4 Å². The molecule has 1 saturated heterocycles. The van der Waals surface area contributed by atoms with E-state index in [0.29, 0.717) is 35.2 Å². The van der Waals surface area contributed by atoms with Crippen LogP contribution < -0.4 is 5.32 Å². The number of amides is 3. The number of alkyl halides is 2. The molecule has 5 nitrogen and oxygen atoms in total. The second-order valence-corrected chi connectivity index (χ2v) is 7.68. The summed E-state index contributed by atoms with van der Waals surface area (Å²) in [5, 5.41) is 2.64. The van der Waals surface area contributed by atoms with Crippen molar-refractivity contribution in [1.82, 2.24) is 4.90 Å². The average molecular weight is 382 g/mol. The summed E-state index contributed by atoms with van der Waals surface area (Å²) in [5.41, 5.74) is 0.428. The summed E-state index contributed by atoms with van der Waals surface area (Å²) in [6.07, 6.45) is 3.25. The van der Waals surface area contributed by atoms with E-state index in [4.69, 9.17) is 0 Å². The van der Waals surface area contributed by atoms with Gasteiger partial charge in [-0.15, -0.1) is 0 Å². The van der Waals surface area contributed by atoms with E-state index in [-0.39, 0.29) is 23.7 Å². The molecule has 1 aliphatic carbocycles. The van der Waals surface area contributed by atoms with Gasteiger partial charge in [-0.25, -0.2) is 0 Å². The number of likely N-dealkylation sites (tertiary alicyclic amines) is 1. The molecular weight excluding hydrogens is 362 g/mol. The van der Waals surface area contributed by atoms with Crippen molar-refractivity contribution in [2.75, 3.05) is 5.32 Å². The van der Waals surface area contributed by atoms with Crippen LogP contribution in [0, 0.1) is 11.8 Å². The number of carbonyl (C=O) groups excluding carboxylic acids is 3. The van der Waals surface area contributed by atoms with Crippen molar-refractivity contribution in [1.29, 1.82) is 0 Å². The summed E-state index contributed by atoms with van der Waals surface area (Å²) in [6.45, 7) is 1.53. The van der Waals surface area contributed by atoms with Gasteiger partial charge in [-0.05, 0) is 44.0 Å². The molecule has 0 unspecified atom stereocenters. The molecule has 0 bridgehead atoms. The number of imide groups is 1. The summed E-state index contributed by atoms with van der Waals surface area (Å²) in [5.74, 6) is -4.09. The van der Waals surface area contributed by atoms with Crippen molar-refractivity contribution in [3.8, 4) is 0 Å². The zero-order chi connectivity index (χ0) is 18.8. The quantitative estimate of drug-likeness (QED) is 0.625. The second kappa shape index (κ2) is 7.73. The van der Waals surface area contributed by atoms with Gasteiger partial charge in [0.05, 0.1) is 11.8 Å². The van der Waals surface area contributed by atoms with Crippen LogP contribution in [0.4, 0.5) is 14.5 Å². The number of hydrogen-bond acceptors (Lipinski definition) is 4. The fraction of sp³-hybridized carbons (Fsp3) is 0.500. The van der Waals surface area contributed by atoms with E-state index in [2.05, 4.69) is 5.32 Å². The topological polar surface area (TPSA) is 66.5 Å². The third-order valence-corrected chi connectivity index (χ3v) is 5.71. The number of halogens is 2. The van der Waals surface area contributed by atoms with Gasteiger partial charge in [0.2, 0.25) is 17.7 Å². The molecule has 2 aliphatic rings. The number of benzene rings is 1. The van der Waals surface area contributed by atoms with Crippen molar-refractivity contribution in [3.05, 3.63) is 24.3 Å². The molecular formula is C18H20F2N2O3S. The number of fused-ring (bicyclic) bond motifs is 1. The lowest BCUT2D eigenvalue weighted by atomic mass is 9.81. The minimum atomic E-state index is -2.51. The Morgan fingerprint density at radius 3 is 2.15 bits per heavy atom. The summed E-state index contributed by atoms with van der Waals surface area (Å²) in [7, 11) is 0. The SMILES string of the molecule is C[C@@H](C(=O)Nc1ccc(SC(F)F)cc1)N1C(=O)[C@H]2CCCC[C@@H]2C1=O. The fourth-order valence-electron chi connectivity index (χ4n) is 3.65. The van der Waals surface area contributed by atoms with E-state index in [1.54, 1.807) is 0 Å². The molecule has 1 aromatic rings. The van der Waals surface area contributed by atoms with Gasteiger partial charge in [0, 0.05) is 10.6 Å². The normalized spacial score (nSPS) is 23.9. The van der Waals surface area contributed by atoms with Crippen molar-refractivity contribution in [2.24, 2.45) is 11.8 Å². The second-order valence-electron chi connectivity index (χ2n) is 6.61. The number of hydrogen-bond donors (Lipinski definition) is 1. The molecule has 26 heavy (non-hydrogen) atoms. The molecule has 3 atom stereocenters. The molecule has 1 saturated carbocycles. The highest BCUT2D eigenvalue weighted by molar-refractivity contribution is 7.99. The van der Waals surface area contributed by atoms with E-state index in [9.17, 15) is 23.2 Å². The van der Waals surface area contributed by atoms with Crippen LogP contribution in [0.15, 0.2) is 29.2 Å². The van der Waals surface area contributed by atoms with Crippen molar-refractivity contribution in [3.63, 3.8) is 0 Å². The third-order valence-electron chi connectivity index (χ3n) is 4.99. The first-order chi connectivity index (χ1) is 12.4. The van der Waals surface area contributed by atoms with E-state index < -0.39 is 17.7 Å². The highest BCUT2D eigenvalue weighted by Gasteiger charge is 2.50. The number of rotatable bonds is 5. The van der Waals surface area contributed by atoms with Crippen molar-refractivity contribution in [2.45, 2.75) is 49.3 Å². The zero-order valence-corrected chi connectivity index (χ0v) is 15.1. The van der Waals surface area contributed by atoms with Crippen LogP contribution in [0.2, 0.25) is 0 Å². The van der Waals surface area contributed by atoms with Crippen LogP contribution >= 0.6 is 11.8 Å². The molecule has 140 valence electrons. The number of thioether (sulfide) groups is 1. The maximum atomic E-state index is 12.5. The predicted molar refractivity (Wildman–Crippen MR) is 93.7 cm³/mol. The Morgan fingerprint density at radius 1 is 1.12 bits per heavy atom. The van der Waals surface area contributed by atoms with E-state index >= 15 is 0 Å². The Morgan fingerprint density at radius 2 is 1.65 bits per heavy atom. The molecule has 1 heterocycles. The molecule has 1 N–H and O–H groups in total. The van der Waals surface area contributed by atoms with Gasteiger partial charge in [0.15, 0.2) is 0 Å². The molecule has 0 spiro atoms. The zero-order valence-electron chi connectivity index (χ0n) is 14.3. The van der Waals surface area contributed by atoms with Gasteiger partial charge in [0.25, 0.3) is 5.76 Å². The predicted octanol–water partition coefficient (Wildman–Crippen LogP) is 3.50. The highest BCUT2D eigenvalue weighted by Crippen LogP contribution is 2.39. The van der Waals surface area contributed by atoms with E-state index in [1.165, 1.54) is 31.2 Å². The number of carbonyl (C=O) groups is 3. The Balaban J connectivity index is 1.66. The lowest BCUT2D eigenvalue weighted by Gasteiger charge is -2.22. The minimum Gasteiger partial charge on any atom is -0.324 e. The average Bonchev–Trinajstić information content (AvgIpc) is 2.87. The molecule has 2 fully saturated rings. The molecule has 0 radical (unpaired) electrons. The van der Waals surface area contributed by atoms with Crippen LogP contribution in [0.5, 0.6) is 0 Å². The summed E-state index contributed by atoms with van der Waals surface area (Å²) < 4.78 is 24.7. The van der Waals surface area contributed by atoms with Crippen LogP contribution in [0.1, 0.15) is 32.6 Å². The van der Waals surface area contributed by atoms with E-state index in [0.717, 1.165) is 17.7 Å². The lowest BCUT2D eigenvalue weighted by molar-refractivity contribution is -0.146. The number of nitrogens with zero attached hydrogens (tertiary/aromatic N) is 1. The Hall–Kier alpha value is -1.96. The van der Waals surface area contributed by atoms with Gasteiger partial charge in [-0.1, -0.05) is 24.6 Å². The molecule has 3 amide bonds. The molecule has 8 heteroatoms. The summed E-state index contributed by atoms with van der Waals surface area (Å²) in [4.78, 5) is 39.1. The van der Waals surface area contributed by atoms with Crippen LogP contribution in [-0.2, 0) is 14.4 Å². The van der Waals surface area contributed by atoms with Gasteiger partial charge >= 0.3 is 0 Å². The fourth-order valence-corrected chi connectivity index (χ4v) is 4.15. The largest absolute Gasteiger partial charge is 0.324 e. The smallest absolute Gasteiger partial charge is 0.288 e. The molecule has 1 aliphatic heterocycles. The summed E-state index contributed by atoms with van der Waals surface area (Å²) >= 11 is 0.421. The molecule has 1 aromatic carbocycles. The van der Waals surface area contributed by atoms with Gasteiger partial charge < -0.3 is 5.32 Å².